The Labute approximate surface area is 102 Å². The molecule has 2 rings (SSSR count). The first-order chi connectivity index (χ1) is 8.28. The van der Waals surface area contributed by atoms with Crippen LogP contribution in [0.15, 0.2) is 6.20 Å². The Morgan fingerprint density at radius 2 is 2.41 bits per heavy atom. The van der Waals surface area contributed by atoms with Crippen LogP contribution >= 0.6 is 0 Å². The molecule has 5 heteroatoms. The minimum absolute atomic E-state index is 0.441. The SMILES string of the molecule is CC1CCCC(OCCn2cc(CN)nn2)C1. The van der Waals surface area contributed by atoms with E-state index in [1.54, 1.807) is 4.68 Å². The van der Waals surface area contributed by atoms with Gasteiger partial charge in [-0.2, -0.15) is 0 Å². The van der Waals surface area contributed by atoms with Crippen molar-refractivity contribution < 1.29 is 4.74 Å². The third-order valence-corrected chi connectivity index (χ3v) is 3.36. The van der Waals surface area contributed by atoms with Crippen LogP contribution in [-0.4, -0.2) is 27.7 Å². The highest BCUT2D eigenvalue weighted by molar-refractivity contribution is 4.90. The van der Waals surface area contributed by atoms with Gasteiger partial charge in [-0.25, -0.2) is 4.68 Å². The molecule has 1 aliphatic rings. The summed E-state index contributed by atoms with van der Waals surface area (Å²) < 4.78 is 7.68. The van der Waals surface area contributed by atoms with Gasteiger partial charge in [0, 0.05) is 12.7 Å². The van der Waals surface area contributed by atoms with Crippen molar-refractivity contribution >= 4 is 0 Å². The fraction of sp³-hybridized carbons (Fsp3) is 0.833. The molecule has 0 amide bonds. The molecule has 0 bridgehead atoms. The molecule has 0 aliphatic heterocycles. The zero-order chi connectivity index (χ0) is 12.1. The Bertz CT molecular complexity index is 339. The predicted octanol–water partition coefficient (Wildman–Crippen LogP) is 1.33. The van der Waals surface area contributed by atoms with Gasteiger partial charge in [0.1, 0.15) is 0 Å². The molecule has 0 radical (unpaired) electrons. The number of hydrogen-bond acceptors (Lipinski definition) is 4. The second-order valence-corrected chi connectivity index (χ2v) is 4.94. The molecule has 17 heavy (non-hydrogen) atoms. The van der Waals surface area contributed by atoms with Gasteiger partial charge >= 0.3 is 0 Å². The van der Waals surface area contributed by atoms with E-state index >= 15 is 0 Å². The van der Waals surface area contributed by atoms with E-state index in [0.29, 0.717) is 19.3 Å². The molecule has 0 saturated heterocycles. The second-order valence-electron chi connectivity index (χ2n) is 4.94. The summed E-state index contributed by atoms with van der Waals surface area (Å²) in [5.41, 5.74) is 6.31. The van der Waals surface area contributed by atoms with E-state index < -0.39 is 0 Å². The van der Waals surface area contributed by atoms with Gasteiger partial charge in [-0.05, 0) is 18.8 Å². The van der Waals surface area contributed by atoms with Crippen LogP contribution < -0.4 is 5.73 Å². The highest BCUT2D eigenvalue weighted by Gasteiger charge is 2.18. The minimum atomic E-state index is 0.441. The van der Waals surface area contributed by atoms with Gasteiger partial charge in [0.25, 0.3) is 0 Å². The average molecular weight is 238 g/mol. The summed E-state index contributed by atoms with van der Waals surface area (Å²) >= 11 is 0. The monoisotopic (exact) mass is 238 g/mol. The fourth-order valence-electron chi connectivity index (χ4n) is 2.38. The van der Waals surface area contributed by atoms with Crippen LogP contribution in [0.1, 0.15) is 38.3 Å². The van der Waals surface area contributed by atoms with Crippen molar-refractivity contribution in [2.75, 3.05) is 6.61 Å². The lowest BCUT2D eigenvalue weighted by Crippen LogP contribution is -2.23. The molecule has 1 saturated carbocycles. The maximum Gasteiger partial charge on any atom is 0.0962 e. The average Bonchev–Trinajstić information content (AvgIpc) is 2.77. The van der Waals surface area contributed by atoms with E-state index in [9.17, 15) is 0 Å². The van der Waals surface area contributed by atoms with Crippen LogP contribution in [-0.2, 0) is 17.8 Å². The van der Waals surface area contributed by atoms with E-state index in [0.717, 1.165) is 18.2 Å². The minimum Gasteiger partial charge on any atom is -0.376 e. The number of rotatable bonds is 5. The summed E-state index contributed by atoms with van der Waals surface area (Å²) in [7, 11) is 0. The molecule has 1 aliphatic carbocycles. The van der Waals surface area contributed by atoms with Gasteiger partial charge < -0.3 is 10.5 Å². The Hall–Kier alpha value is -0.940. The van der Waals surface area contributed by atoms with Crippen molar-refractivity contribution in [1.82, 2.24) is 15.0 Å². The van der Waals surface area contributed by atoms with E-state index in [4.69, 9.17) is 10.5 Å². The zero-order valence-electron chi connectivity index (χ0n) is 10.5. The molecule has 2 atom stereocenters. The van der Waals surface area contributed by atoms with Crippen molar-refractivity contribution in [2.24, 2.45) is 11.7 Å². The lowest BCUT2D eigenvalue weighted by Gasteiger charge is -2.26. The van der Waals surface area contributed by atoms with Crippen molar-refractivity contribution in [2.45, 2.75) is 51.8 Å². The van der Waals surface area contributed by atoms with Gasteiger partial charge in [-0.1, -0.05) is 25.0 Å². The molecule has 2 unspecified atom stereocenters. The Balaban J connectivity index is 1.68. The largest absolute Gasteiger partial charge is 0.376 e. The number of hydrogen-bond donors (Lipinski definition) is 1. The van der Waals surface area contributed by atoms with Crippen LogP contribution in [0.3, 0.4) is 0 Å². The normalized spacial score (nSPS) is 25.1. The molecule has 0 aromatic carbocycles. The summed E-state index contributed by atoms with van der Waals surface area (Å²) in [5, 5.41) is 7.94. The lowest BCUT2D eigenvalue weighted by molar-refractivity contribution is 0.0105. The molecule has 1 aromatic heterocycles. The van der Waals surface area contributed by atoms with Gasteiger partial charge in [-0.15, -0.1) is 5.10 Å². The third-order valence-electron chi connectivity index (χ3n) is 3.36. The van der Waals surface area contributed by atoms with Crippen LogP contribution in [0.5, 0.6) is 0 Å². The summed E-state index contributed by atoms with van der Waals surface area (Å²) in [4.78, 5) is 0. The zero-order valence-corrected chi connectivity index (χ0v) is 10.5. The smallest absolute Gasteiger partial charge is 0.0962 e. The molecule has 96 valence electrons. The molecule has 5 nitrogen and oxygen atoms in total. The number of aromatic nitrogens is 3. The van der Waals surface area contributed by atoms with Crippen LogP contribution in [0.25, 0.3) is 0 Å². The molecular weight excluding hydrogens is 216 g/mol. The Morgan fingerprint density at radius 3 is 3.12 bits per heavy atom. The summed E-state index contributed by atoms with van der Waals surface area (Å²) in [5.74, 6) is 0.809. The summed E-state index contributed by atoms with van der Waals surface area (Å²) in [6.45, 7) is 4.23. The van der Waals surface area contributed by atoms with Crippen molar-refractivity contribution in [3.05, 3.63) is 11.9 Å². The van der Waals surface area contributed by atoms with E-state index in [2.05, 4.69) is 17.2 Å². The van der Waals surface area contributed by atoms with Gasteiger partial charge in [-0.3, -0.25) is 0 Å². The number of nitrogens with two attached hydrogens (primary N) is 1. The lowest BCUT2D eigenvalue weighted by atomic mass is 9.89. The van der Waals surface area contributed by atoms with Crippen molar-refractivity contribution in [3.63, 3.8) is 0 Å². The van der Waals surface area contributed by atoms with E-state index in [1.165, 1.54) is 25.7 Å². The summed E-state index contributed by atoms with van der Waals surface area (Å²) in [6.07, 6.45) is 7.37. The second kappa shape index (κ2) is 6.12. The van der Waals surface area contributed by atoms with Crippen molar-refractivity contribution in [3.8, 4) is 0 Å². The number of ether oxygens (including phenoxy) is 1. The highest BCUT2D eigenvalue weighted by atomic mass is 16.5. The van der Waals surface area contributed by atoms with Crippen LogP contribution in [0, 0.1) is 5.92 Å². The van der Waals surface area contributed by atoms with Crippen molar-refractivity contribution in [1.29, 1.82) is 0 Å². The Morgan fingerprint density at radius 1 is 1.53 bits per heavy atom. The van der Waals surface area contributed by atoms with Crippen LogP contribution in [0.4, 0.5) is 0 Å². The van der Waals surface area contributed by atoms with Gasteiger partial charge in [0.2, 0.25) is 0 Å². The molecule has 1 heterocycles. The standard InChI is InChI=1S/C12H22N4O/c1-10-3-2-4-12(7-10)17-6-5-16-9-11(8-13)14-15-16/h9-10,12H,2-8,13H2,1H3. The first-order valence-corrected chi connectivity index (χ1v) is 6.48. The number of nitrogens with zero attached hydrogens (tertiary/aromatic N) is 3. The molecular formula is C12H22N4O. The first kappa shape index (κ1) is 12.5. The van der Waals surface area contributed by atoms with Gasteiger partial charge in [0.15, 0.2) is 0 Å². The maximum atomic E-state index is 5.88. The fourth-order valence-corrected chi connectivity index (χ4v) is 2.38. The predicted molar refractivity (Wildman–Crippen MR) is 65.3 cm³/mol. The third kappa shape index (κ3) is 3.78. The van der Waals surface area contributed by atoms with Crippen LogP contribution in [0.2, 0.25) is 0 Å². The highest BCUT2D eigenvalue weighted by Crippen LogP contribution is 2.25. The van der Waals surface area contributed by atoms with E-state index in [1.807, 2.05) is 6.20 Å². The molecule has 1 aromatic rings. The van der Waals surface area contributed by atoms with Gasteiger partial charge in [0.05, 0.1) is 24.9 Å². The van der Waals surface area contributed by atoms with E-state index in [-0.39, 0.29) is 0 Å². The first-order valence-electron chi connectivity index (χ1n) is 6.48. The maximum absolute atomic E-state index is 5.88. The molecule has 2 N–H and O–H groups in total. The summed E-state index contributed by atoms with van der Waals surface area (Å²) in [6, 6.07) is 0. The quantitative estimate of drug-likeness (QED) is 0.840. The molecule has 0 spiro atoms. The topological polar surface area (TPSA) is 66.0 Å². The molecule has 1 fully saturated rings. The Kier molecular flexibility index (Phi) is 4.50.